The van der Waals surface area contributed by atoms with Crippen molar-refractivity contribution in [3.63, 3.8) is 0 Å². The van der Waals surface area contributed by atoms with Crippen molar-refractivity contribution in [2.75, 3.05) is 46.3 Å². The molecular formula is C9H18N4. The van der Waals surface area contributed by atoms with Crippen molar-refractivity contribution >= 4 is 0 Å². The molecule has 1 saturated heterocycles. The van der Waals surface area contributed by atoms with Gasteiger partial charge in [0.2, 0.25) is 0 Å². The van der Waals surface area contributed by atoms with E-state index >= 15 is 0 Å². The van der Waals surface area contributed by atoms with Crippen molar-refractivity contribution < 1.29 is 0 Å². The molecular weight excluding hydrogens is 164 g/mol. The van der Waals surface area contributed by atoms with Gasteiger partial charge in [-0.05, 0) is 26.6 Å². The summed E-state index contributed by atoms with van der Waals surface area (Å²) in [6.07, 6.45) is 3.38. The van der Waals surface area contributed by atoms with Gasteiger partial charge < -0.3 is 10.2 Å². The van der Waals surface area contributed by atoms with Gasteiger partial charge in [-0.2, -0.15) is 5.26 Å². The third kappa shape index (κ3) is 3.62. The Balaban J connectivity index is 2.08. The quantitative estimate of drug-likeness (QED) is 0.478. The van der Waals surface area contributed by atoms with E-state index in [1.807, 2.05) is 11.9 Å². The van der Waals surface area contributed by atoms with E-state index in [-0.39, 0.29) is 0 Å². The van der Waals surface area contributed by atoms with Crippen LogP contribution in [0.5, 0.6) is 0 Å². The molecule has 4 heteroatoms. The van der Waals surface area contributed by atoms with Gasteiger partial charge in [-0.3, -0.25) is 4.90 Å². The van der Waals surface area contributed by atoms with E-state index in [1.165, 1.54) is 6.42 Å². The van der Waals surface area contributed by atoms with Crippen LogP contribution in [-0.2, 0) is 0 Å². The molecule has 0 unspecified atom stereocenters. The predicted octanol–water partition coefficient (Wildman–Crippen LogP) is -0.305. The van der Waals surface area contributed by atoms with Gasteiger partial charge >= 0.3 is 0 Å². The molecule has 1 N–H and O–H groups in total. The molecule has 0 amide bonds. The third-order valence-electron chi connectivity index (χ3n) is 2.41. The van der Waals surface area contributed by atoms with Crippen molar-refractivity contribution in [2.24, 2.45) is 0 Å². The fourth-order valence-corrected chi connectivity index (χ4v) is 1.55. The van der Waals surface area contributed by atoms with E-state index in [0.717, 1.165) is 39.3 Å². The maximum absolute atomic E-state index is 8.64. The van der Waals surface area contributed by atoms with Crippen LogP contribution in [0.15, 0.2) is 0 Å². The molecule has 0 aromatic rings. The highest BCUT2D eigenvalue weighted by atomic mass is 15.2. The van der Waals surface area contributed by atoms with Crippen LogP contribution in [-0.4, -0.2) is 56.1 Å². The van der Waals surface area contributed by atoms with E-state index in [2.05, 4.69) is 16.4 Å². The molecule has 1 aliphatic rings. The SMILES string of the molecule is CNCCCN1CCN(C#N)CC1. The summed E-state index contributed by atoms with van der Waals surface area (Å²) in [6.45, 7) is 6.11. The molecule has 1 heterocycles. The van der Waals surface area contributed by atoms with Gasteiger partial charge in [0, 0.05) is 26.2 Å². The van der Waals surface area contributed by atoms with Crippen LogP contribution in [0.3, 0.4) is 0 Å². The lowest BCUT2D eigenvalue weighted by atomic mass is 10.3. The molecule has 0 aromatic heterocycles. The summed E-state index contributed by atoms with van der Waals surface area (Å²) >= 11 is 0. The van der Waals surface area contributed by atoms with Crippen LogP contribution >= 0.6 is 0 Å². The lowest BCUT2D eigenvalue weighted by molar-refractivity contribution is 0.172. The first-order valence-electron chi connectivity index (χ1n) is 4.88. The zero-order valence-electron chi connectivity index (χ0n) is 8.29. The van der Waals surface area contributed by atoms with Crippen LogP contribution in [0.25, 0.3) is 0 Å². The Morgan fingerprint density at radius 3 is 2.54 bits per heavy atom. The molecule has 1 rings (SSSR count). The summed E-state index contributed by atoms with van der Waals surface area (Å²) in [4.78, 5) is 4.25. The highest BCUT2D eigenvalue weighted by molar-refractivity contribution is 4.80. The summed E-state index contributed by atoms with van der Waals surface area (Å²) < 4.78 is 0. The molecule has 0 aliphatic carbocycles. The van der Waals surface area contributed by atoms with Gasteiger partial charge in [-0.25, -0.2) is 0 Å². The predicted molar refractivity (Wildman–Crippen MR) is 52.2 cm³/mol. The maximum Gasteiger partial charge on any atom is 0.179 e. The highest BCUT2D eigenvalue weighted by Crippen LogP contribution is 2.00. The van der Waals surface area contributed by atoms with Gasteiger partial charge in [0.15, 0.2) is 6.19 Å². The van der Waals surface area contributed by atoms with E-state index in [4.69, 9.17) is 5.26 Å². The number of piperazine rings is 1. The van der Waals surface area contributed by atoms with Gasteiger partial charge in [-0.15, -0.1) is 0 Å². The summed E-state index contributed by atoms with van der Waals surface area (Å²) in [5.41, 5.74) is 0. The standard InChI is InChI=1S/C9H18N4/c1-11-3-2-4-12-5-7-13(9-10)8-6-12/h11H,2-8H2,1H3. The van der Waals surface area contributed by atoms with Crippen molar-refractivity contribution in [3.05, 3.63) is 0 Å². The molecule has 0 atom stereocenters. The van der Waals surface area contributed by atoms with Crippen molar-refractivity contribution in [1.29, 1.82) is 5.26 Å². The van der Waals surface area contributed by atoms with Crippen LogP contribution < -0.4 is 5.32 Å². The fourth-order valence-electron chi connectivity index (χ4n) is 1.55. The zero-order chi connectivity index (χ0) is 9.52. The molecule has 1 aliphatic heterocycles. The first-order chi connectivity index (χ1) is 6.36. The Labute approximate surface area is 80.1 Å². The smallest absolute Gasteiger partial charge is 0.179 e. The Kier molecular flexibility index (Phi) is 4.58. The number of rotatable bonds is 4. The normalized spacial score (nSPS) is 18.6. The summed E-state index contributed by atoms with van der Waals surface area (Å²) in [5.74, 6) is 0. The molecule has 13 heavy (non-hydrogen) atoms. The van der Waals surface area contributed by atoms with Gasteiger partial charge in [-0.1, -0.05) is 0 Å². The van der Waals surface area contributed by atoms with Crippen LogP contribution in [0.2, 0.25) is 0 Å². The minimum absolute atomic E-state index is 0.899. The summed E-state index contributed by atoms with van der Waals surface area (Å²) in [5, 5.41) is 11.8. The average Bonchev–Trinajstić information content (AvgIpc) is 2.19. The number of nitrogens with one attached hydrogen (secondary N) is 1. The molecule has 4 nitrogen and oxygen atoms in total. The molecule has 0 saturated carbocycles. The molecule has 0 spiro atoms. The van der Waals surface area contributed by atoms with Crippen LogP contribution in [0, 0.1) is 11.5 Å². The van der Waals surface area contributed by atoms with Gasteiger partial charge in [0.05, 0.1) is 0 Å². The maximum atomic E-state index is 8.64. The minimum atomic E-state index is 0.899. The van der Waals surface area contributed by atoms with Crippen LogP contribution in [0.4, 0.5) is 0 Å². The second-order valence-electron chi connectivity index (χ2n) is 3.39. The van der Waals surface area contributed by atoms with E-state index < -0.39 is 0 Å². The topological polar surface area (TPSA) is 42.3 Å². The molecule has 0 bridgehead atoms. The Morgan fingerprint density at radius 1 is 1.31 bits per heavy atom. The molecule has 74 valence electrons. The molecule has 0 radical (unpaired) electrons. The molecule has 1 fully saturated rings. The third-order valence-corrected chi connectivity index (χ3v) is 2.41. The first-order valence-corrected chi connectivity index (χ1v) is 4.88. The minimum Gasteiger partial charge on any atom is -0.320 e. The second-order valence-corrected chi connectivity index (χ2v) is 3.39. The fraction of sp³-hybridized carbons (Fsp3) is 0.889. The molecule has 0 aromatic carbocycles. The van der Waals surface area contributed by atoms with Crippen molar-refractivity contribution in [1.82, 2.24) is 15.1 Å². The summed E-state index contributed by atoms with van der Waals surface area (Å²) in [6, 6.07) is 0. The number of nitriles is 1. The van der Waals surface area contributed by atoms with E-state index in [1.54, 1.807) is 0 Å². The Bertz CT molecular complexity index is 167. The monoisotopic (exact) mass is 182 g/mol. The number of hydrogen-bond donors (Lipinski definition) is 1. The van der Waals surface area contributed by atoms with Crippen molar-refractivity contribution in [2.45, 2.75) is 6.42 Å². The average molecular weight is 182 g/mol. The lowest BCUT2D eigenvalue weighted by Gasteiger charge is -2.31. The number of nitrogens with zero attached hydrogens (tertiary/aromatic N) is 3. The summed E-state index contributed by atoms with van der Waals surface area (Å²) in [7, 11) is 1.98. The number of hydrogen-bond acceptors (Lipinski definition) is 4. The zero-order valence-corrected chi connectivity index (χ0v) is 8.29. The van der Waals surface area contributed by atoms with Crippen molar-refractivity contribution in [3.8, 4) is 6.19 Å². The Morgan fingerprint density at radius 2 is 2.00 bits per heavy atom. The largest absolute Gasteiger partial charge is 0.320 e. The van der Waals surface area contributed by atoms with E-state index in [0.29, 0.717) is 0 Å². The Hall–Kier alpha value is -0.790. The van der Waals surface area contributed by atoms with E-state index in [9.17, 15) is 0 Å². The van der Waals surface area contributed by atoms with Gasteiger partial charge in [0.25, 0.3) is 0 Å². The first kappa shape index (κ1) is 10.3. The van der Waals surface area contributed by atoms with Gasteiger partial charge in [0.1, 0.15) is 0 Å². The second kappa shape index (κ2) is 5.79. The lowest BCUT2D eigenvalue weighted by Crippen LogP contribution is -2.44. The highest BCUT2D eigenvalue weighted by Gasteiger charge is 2.14. The van der Waals surface area contributed by atoms with Crippen LogP contribution in [0.1, 0.15) is 6.42 Å².